The monoisotopic (exact) mass is 158 g/mol. The zero-order chi connectivity index (χ0) is 9.44. The van der Waals surface area contributed by atoms with E-state index in [1.165, 1.54) is 6.92 Å². The van der Waals surface area contributed by atoms with E-state index < -0.39 is 12.0 Å². The quantitative estimate of drug-likeness (QED) is 0.615. The molecule has 1 atom stereocenters. The summed E-state index contributed by atoms with van der Waals surface area (Å²) in [5.74, 6) is -0.910. The first-order valence-corrected chi connectivity index (χ1v) is 3.26. The highest BCUT2D eigenvalue weighted by atomic mass is 16.4. The predicted molar refractivity (Wildman–Crippen MR) is 41.7 cm³/mol. The summed E-state index contributed by atoms with van der Waals surface area (Å²) in [5.41, 5.74) is 5.16. The molecule has 0 aliphatic carbocycles. The molecule has 0 fully saturated rings. The molecule has 4 nitrogen and oxygen atoms in total. The van der Waals surface area contributed by atoms with Crippen LogP contribution >= 0.6 is 0 Å². The minimum Gasteiger partial charge on any atom is -0.480 e. The van der Waals surface area contributed by atoms with Crippen LogP contribution < -0.4 is 5.73 Å². The van der Waals surface area contributed by atoms with Crippen LogP contribution in [0.25, 0.3) is 0 Å². The van der Waals surface area contributed by atoms with Crippen molar-refractivity contribution in [2.24, 2.45) is 11.7 Å². The van der Waals surface area contributed by atoms with E-state index in [-0.39, 0.29) is 5.92 Å². The maximum Gasteiger partial charge on any atom is 0.320 e. The summed E-state index contributed by atoms with van der Waals surface area (Å²) < 4.78 is 0. The van der Waals surface area contributed by atoms with Crippen LogP contribution in [-0.2, 0) is 4.79 Å². The summed E-state index contributed by atoms with van der Waals surface area (Å²) in [4.78, 5) is 10.0. The Morgan fingerprint density at radius 1 is 1.64 bits per heavy atom. The van der Waals surface area contributed by atoms with Crippen LogP contribution in [0, 0.1) is 17.2 Å². The number of nitriles is 1. The third-order valence-electron chi connectivity index (χ3n) is 1.00. The molecule has 11 heavy (non-hydrogen) atoms. The molecule has 0 aromatic heterocycles. The van der Waals surface area contributed by atoms with E-state index >= 15 is 0 Å². The molecular weight excluding hydrogens is 144 g/mol. The van der Waals surface area contributed by atoms with Crippen molar-refractivity contribution >= 4 is 5.97 Å². The molecular formula is C7H14N2O2. The van der Waals surface area contributed by atoms with Gasteiger partial charge in [0.1, 0.15) is 6.04 Å². The molecule has 3 N–H and O–H groups in total. The average molecular weight is 158 g/mol. The van der Waals surface area contributed by atoms with E-state index in [0.717, 1.165) is 0 Å². The van der Waals surface area contributed by atoms with Crippen molar-refractivity contribution in [1.29, 1.82) is 5.26 Å². The zero-order valence-corrected chi connectivity index (χ0v) is 7.03. The van der Waals surface area contributed by atoms with Crippen LogP contribution in [0.3, 0.4) is 0 Å². The van der Waals surface area contributed by atoms with Gasteiger partial charge < -0.3 is 10.8 Å². The van der Waals surface area contributed by atoms with Crippen LogP contribution in [0.5, 0.6) is 0 Å². The number of carboxylic acid groups (broad SMARTS) is 1. The van der Waals surface area contributed by atoms with Crippen molar-refractivity contribution < 1.29 is 9.90 Å². The maximum atomic E-state index is 10.0. The van der Waals surface area contributed by atoms with Gasteiger partial charge in [-0.2, -0.15) is 5.26 Å². The fourth-order valence-corrected chi connectivity index (χ4v) is 0.285. The summed E-state index contributed by atoms with van der Waals surface area (Å²) >= 11 is 0. The highest BCUT2D eigenvalue weighted by Crippen LogP contribution is 1.96. The number of aliphatic carboxylic acids is 1. The SMILES string of the molecule is CC#N.CC(C)C(N)C(=O)O. The summed E-state index contributed by atoms with van der Waals surface area (Å²) in [6.45, 7) is 4.98. The average Bonchev–Trinajstić information content (AvgIpc) is 1.87. The normalized spacial score (nSPS) is 10.9. The van der Waals surface area contributed by atoms with Gasteiger partial charge in [-0.25, -0.2) is 0 Å². The number of carbonyl (C=O) groups is 1. The summed E-state index contributed by atoms with van der Waals surface area (Å²) in [5, 5.41) is 15.5. The number of nitrogens with zero attached hydrogens (tertiary/aromatic N) is 1. The van der Waals surface area contributed by atoms with Crippen molar-refractivity contribution in [2.75, 3.05) is 0 Å². The van der Waals surface area contributed by atoms with Crippen LogP contribution in [0.1, 0.15) is 20.8 Å². The second kappa shape index (κ2) is 7.03. The van der Waals surface area contributed by atoms with Crippen molar-refractivity contribution in [3.63, 3.8) is 0 Å². The minimum absolute atomic E-state index is 0.0208. The third-order valence-corrected chi connectivity index (χ3v) is 1.00. The molecule has 0 bridgehead atoms. The summed E-state index contributed by atoms with van der Waals surface area (Å²) in [6.07, 6.45) is 0. The van der Waals surface area contributed by atoms with Gasteiger partial charge in [-0.3, -0.25) is 4.79 Å². The highest BCUT2D eigenvalue weighted by molar-refractivity contribution is 5.73. The maximum absolute atomic E-state index is 10.0. The third kappa shape index (κ3) is 8.92. The van der Waals surface area contributed by atoms with Gasteiger partial charge in [0.15, 0.2) is 0 Å². The molecule has 0 heterocycles. The molecule has 0 rings (SSSR count). The zero-order valence-electron chi connectivity index (χ0n) is 7.03. The number of carboxylic acids is 1. The Morgan fingerprint density at radius 2 is 1.91 bits per heavy atom. The first kappa shape index (κ1) is 12.6. The molecule has 0 aliphatic rings. The number of nitrogens with two attached hydrogens (primary N) is 1. The van der Waals surface area contributed by atoms with E-state index in [0.29, 0.717) is 0 Å². The predicted octanol–water partition coefficient (Wildman–Crippen LogP) is 0.584. The van der Waals surface area contributed by atoms with Gasteiger partial charge in [-0.1, -0.05) is 13.8 Å². The van der Waals surface area contributed by atoms with E-state index in [4.69, 9.17) is 16.1 Å². The Labute approximate surface area is 66.6 Å². The van der Waals surface area contributed by atoms with Crippen molar-refractivity contribution in [1.82, 2.24) is 0 Å². The fraction of sp³-hybridized carbons (Fsp3) is 0.714. The largest absolute Gasteiger partial charge is 0.480 e. The first-order chi connectivity index (χ1) is 4.97. The molecule has 0 aromatic rings. The highest BCUT2D eigenvalue weighted by Gasteiger charge is 2.14. The molecule has 0 amide bonds. The minimum atomic E-state index is -0.931. The standard InChI is InChI=1S/C5H11NO2.C2H3N/c1-3(2)4(6)5(7)8;1-2-3/h3-4H,6H2,1-2H3,(H,7,8);1H3. The molecule has 1 unspecified atom stereocenters. The van der Waals surface area contributed by atoms with Gasteiger partial charge in [0.05, 0.1) is 6.07 Å². The lowest BCUT2D eigenvalue weighted by Crippen LogP contribution is -2.34. The van der Waals surface area contributed by atoms with E-state index in [1.807, 2.05) is 0 Å². The number of rotatable bonds is 2. The molecule has 0 spiro atoms. The molecule has 0 aliphatic heterocycles. The molecule has 0 radical (unpaired) electrons. The molecule has 4 heteroatoms. The molecule has 0 saturated carbocycles. The summed E-state index contributed by atoms with van der Waals surface area (Å²) in [7, 11) is 0. The Bertz CT molecular complexity index is 149. The second-order valence-electron chi connectivity index (χ2n) is 2.33. The number of hydrogen-bond donors (Lipinski definition) is 2. The van der Waals surface area contributed by atoms with Gasteiger partial charge in [0.25, 0.3) is 0 Å². The van der Waals surface area contributed by atoms with Crippen LogP contribution in [-0.4, -0.2) is 17.1 Å². The van der Waals surface area contributed by atoms with E-state index in [2.05, 4.69) is 0 Å². The smallest absolute Gasteiger partial charge is 0.320 e. The second-order valence-corrected chi connectivity index (χ2v) is 2.33. The Kier molecular flexibility index (Phi) is 8.04. The van der Waals surface area contributed by atoms with Gasteiger partial charge in [-0.05, 0) is 5.92 Å². The fourth-order valence-electron chi connectivity index (χ4n) is 0.285. The van der Waals surface area contributed by atoms with Crippen LogP contribution in [0.15, 0.2) is 0 Å². The summed E-state index contributed by atoms with van der Waals surface area (Å²) in [6, 6.07) is 1.04. The van der Waals surface area contributed by atoms with Gasteiger partial charge in [0.2, 0.25) is 0 Å². The number of hydrogen-bond acceptors (Lipinski definition) is 3. The van der Waals surface area contributed by atoms with Crippen LogP contribution in [0.4, 0.5) is 0 Å². The lowest BCUT2D eigenvalue weighted by Gasteiger charge is -2.07. The Hall–Kier alpha value is -1.08. The molecule has 0 saturated heterocycles. The molecule has 0 aromatic carbocycles. The van der Waals surface area contributed by atoms with E-state index in [1.54, 1.807) is 19.9 Å². The topological polar surface area (TPSA) is 87.1 Å². The molecule has 64 valence electrons. The van der Waals surface area contributed by atoms with Crippen molar-refractivity contribution in [2.45, 2.75) is 26.8 Å². The Morgan fingerprint density at radius 3 is 1.91 bits per heavy atom. The first-order valence-electron chi connectivity index (χ1n) is 3.26. The van der Waals surface area contributed by atoms with Gasteiger partial charge >= 0.3 is 5.97 Å². The van der Waals surface area contributed by atoms with E-state index in [9.17, 15) is 4.79 Å². The van der Waals surface area contributed by atoms with Gasteiger partial charge in [0, 0.05) is 6.92 Å². The van der Waals surface area contributed by atoms with Gasteiger partial charge in [-0.15, -0.1) is 0 Å². The van der Waals surface area contributed by atoms with Crippen molar-refractivity contribution in [3.05, 3.63) is 0 Å². The van der Waals surface area contributed by atoms with Crippen molar-refractivity contribution in [3.8, 4) is 6.07 Å². The lowest BCUT2D eigenvalue weighted by atomic mass is 10.1. The Balaban J connectivity index is 0. The van der Waals surface area contributed by atoms with Crippen LogP contribution in [0.2, 0.25) is 0 Å². The lowest BCUT2D eigenvalue weighted by molar-refractivity contribution is -0.139.